The number of amides is 2. The van der Waals surface area contributed by atoms with Crippen LogP contribution in [0.3, 0.4) is 0 Å². The number of nitrogens with two attached hydrogens (primary N) is 2. The molecule has 0 radical (unpaired) electrons. The normalized spacial score (nSPS) is 15.9. The van der Waals surface area contributed by atoms with Gasteiger partial charge >= 0.3 is 0 Å². The van der Waals surface area contributed by atoms with Gasteiger partial charge < -0.3 is 27.2 Å². The fraction of sp³-hybridized carbons (Fsp3) is 0.842. The topological polar surface area (TPSA) is 148 Å². The van der Waals surface area contributed by atoms with E-state index in [-0.39, 0.29) is 30.1 Å². The number of ketones is 1. The van der Waals surface area contributed by atoms with E-state index in [2.05, 4.69) is 24.5 Å². The van der Waals surface area contributed by atoms with Crippen LogP contribution in [0.25, 0.3) is 0 Å². The predicted molar refractivity (Wildman–Crippen MR) is 106 cm³/mol. The van der Waals surface area contributed by atoms with E-state index in [1.807, 2.05) is 0 Å². The third kappa shape index (κ3) is 9.30. The van der Waals surface area contributed by atoms with E-state index in [9.17, 15) is 19.5 Å². The Morgan fingerprint density at radius 1 is 0.889 bits per heavy atom. The maximum absolute atomic E-state index is 12.6. The Kier molecular flexibility index (Phi) is 12.1. The lowest BCUT2D eigenvalue weighted by atomic mass is 9.93. The zero-order valence-electron chi connectivity index (χ0n) is 17.3. The molecule has 27 heavy (non-hydrogen) atoms. The van der Waals surface area contributed by atoms with Crippen molar-refractivity contribution in [1.82, 2.24) is 10.6 Å². The van der Waals surface area contributed by atoms with Crippen LogP contribution < -0.4 is 22.1 Å². The first-order valence-corrected chi connectivity index (χ1v) is 9.77. The van der Waals surface area contributed by atoms with Gasteiger partial charge in [0.05, 0.1) is 12.1 Å². The lowest BCUT2D eigenvalue weighted by molar-refractivity contribution is -0.135. The van der Waals surface area contributed by atoms with Gasteiger partial charge in [0, 0.05) is 18.4 Å². The van der Waals surface area contributed by atoms with Crippen LogP contribution in [0, 0.1) is 17.8 Å². The van der Waals surface area contributed by atoms with Crippen molar-refractivity contribution in [3.8, 4) is 0 Å². The van der Waals surface area contributed by atoms with E-state index < -0.39 is 24.1 Å². The Morgan fingerprint density at radius 3 is 1.89 bits per heavy atom. The van der Waals surface area contributed by atoms with Crippen LogP contribution in [0.1, 0.15) is 53.9 Å². The monoisotopic (exact) mass is 386 g/mol. The second-order valence-corrected chi connectivity index (χ2v) is 7.83. The molecule has 0 aromatic carbocycles. The molecule has 158 valence electrons. The number of hydrogen-bond acceptors (Lipinski definition) is 6. The molecule has 0 saturated heterocycles. The Labute approximate surface area is 162 Å². The SMILES string of the molecule is CC(C)CCC(CCN)C(=O)N[C@H](C(=O)N[C@@H](CN)C(=O)C(C)C)C(C)O. The maximum Gasteiger partial charge on any atom is 0.245 e. The number of carbonyl (C=O) groups is 3. The summed E-state index contributed by atoms with van der Waals surface area (Å²) < 4.78 is 0. The minimum Gasteiger partial charge on any atom is -0.391 e. The fourth-order valence-electron chi connectivity index (χ4n) is 2.73. The van der Waals surface area contributed by atoms with Crippen molar-refractivity contribution in [2.75, 3.05) is 13.1 Å². The molecule has 0 aliphatic rings. The van der Waals surface area contributed by atoms with Crippen LogP contribution in [0.15, 0.2) is 0 Å². The highest BCUT2D eigenvalue weighted by molar-refractivity contribution is 5.94. The quantitative estimate of drug-likeness (QED) is 0.299. The molecular weight excluding hydrogens is 348 g/mol. The van der Waals surface area contributed by atoms with Crippen molar-refractivity contribution >= 4 is 17.6 Å². The minimum atomic E-state index is -1.16. The van der Waals surface area contributed by atoms with Gasteiger partial charge in [0.15, 0.2) is 5.78 Å². The minimum absolute atomic E-state index is 0.0482. The smallest absolute Gasteiger partial charge is 0.245 e. The first-order chi connectivity index (χ1) is 12.5. The first kappa shape index (κ1) is 25.5. The third-order valence-electron chi connectivity index (χ3n) is 4.51. The van der Waals surface area contributed by atoms with Crippen LogP contribution in [0.5, 0.6) is 0 Å². The van der Waals surface area contributed by atoms with Crippen LogP contribution in [0.4, 0.5) is 0 Å². The van der Waals surface area contributed by atoms with Gasteiger partial charge in [0.25, 0.3) is 0 Å². The van der Waals surface area contributed by atoms with Gasteiger partial charge in [-0.15, -0.1) is 0 Å². The highest BCUT2D eigenvalue weighted by atomic mass is 16.3. The van der Waals surface area contributed by atoms with Gasteiger partial charge in [-0.3, -0.25) is 14.4 Å². The van der Waals surface area contributed by atoms with Gasteiger partial charge in [0.1, 0.15) is 6.04 Å². The summed E-state index contributed by atoms with van der Waals surface area (Å²) >= 11 is 0. The van der Waals surface area contributed by atoms with E-state index in [0.29, 0.717) is 25.3 Å². The van der Waals surface area contributed by atoms with Gasteiger partial charge in [-0.1, -0.05) is 34.1 Å². The lowest BCUT2D eigenvalue weighted by Gasteiger charge is -2.26. The zero-order chi connectivity index (χ0) is 21.1. The van der Waals surface area contributed by atoms with Crippen molar-refractivity contribution in [3.05, 3.63) is 0 Å². The number of carbonyl (C=O) groups excluding carboxylic acids is 3. The average Bonchev–Trinajstić information content (AvgIpc) is 2.59. The van der Waals surface area contributed by atoms with Crippen LogP contribution in [0.2, 0.25) is 0 Å². The molecule has 2 unspecified atom stereocenters. The fourth-order valence-corrected chi connectivity index (χ4v) is 2.73. The van der Waals surface area contributed by atoms with Gasteiger partial charge in [-0.2, -0.15) is 0 Å². The Bertz CT molecular complexity index is 480. The molecule has 0 spiro atoms. The largest absolute Gasteiger partial charge is 0.391 e. The summed E-state index contributed by atoms with van der Waals surface area (Å²) in [6.45, 7) is 9.31. The summed E-state index contributed by atoms with van der Waals surface area (Å²) in [5, 5.41) is 15.1. The highest BCUT2D eigenvalue weighted by Gasteiger charge is 2.31. The van der Waals surface area contributed by atoms with Gasteiger partial charge in [-0.25, -0.2) is 0 Å². The Hall–Kier alpha value is -1.51. The predicted octanol–water partition coefficient (Wildman–Crippen LogP) is -0.0782. The molecule has 0 aromatic heterocycles. The maximum atomic E-state index is 12.6. The molecule has 0 heterocycles. The highest BCUT2D eigenvalue weighted by Crippen LogP contribution is 2.16. The van der Waals surface area contributed by atoms with E-state index in [4.69, 9.17) is 11.5 Å². The molecule has 0 aliphatic carbocycles. The number of rotatable bonds is 13. The van der Waals surface area contributed by atoms with Crippen LogP contribution in [-0.2, 0) is 14.4 Å². The van der Waals surface area contributed by atoms with Crippen LogP contribution in [-0.4, -0.2) is 54.0 Å². The Morgan fingerprint density at radius 2 is 1.48 bits per heavy atom. The average molecular weight is 387 g/mol. The number of Topliss-reactive ketones (excluding diaryl/α,β-unsaturated/α-hetero) is 1. The summed E-state index contributed by atoms with van der Waals surface area (Å²) in [4.78, 5) is 37.3. The summed E-state index contributed by atoms with van der Waals surface area (Å²) in [6, 6.07) is -2.01. The van der Waals surface area contributed by atoms with E-state index in [0.717, 1.165) is 6.42 Å². The number of nitrogens with one attached hydrogen (secondary N) is 2. The van der Waals surface area contributed by atoms with Crippen LogP contribution >= 0.6 is 0 Å². The summed E-state index contributed by atoms with van der Waals surface area (Å²) in [5.41, 5.74) is 11.2. The second kappa shape index (κ2) is 12.8. The van der Waals surface area contributed by atoms with E-state index in [1.54, 1.807) is 13.8 Å². The van der Waals surface area contributed by atoms with Gasteiger partial charge in [0.2, 0.25) is 11.8 Å². The molecular formula is C19H38N4O4. The molecule has 4 atom stereocenters. The zero-order valence-corrected chi connectivity index (χ0v) is 17.3. The second-order valence-electron chi connectivity index (χ2n) is 7.83. The molecule has 2 amide bonds. The first-order valence-electron chi connectivity index (χ1n) is 9.77. The van der Waals surface area contributed by atoms with Crippen molar-refractivity contribution in [1.29, 1.82) is 0 Å². The molecule has 8 heteroatoms. The summed E-state index contributed by atoms with van der Waals surface area (Å²) in [5.74, 6) is -1.31. The van der Waals surface area contributed by atoms with Crippen molar-refractivity contribution in [2.45, 2.75) is 72.1 Å². The molecule has 0 aliphatic heterocycles. The van der Waals surface area contributed by atoms with Crippen molar-refractivity contribution in [3.63, 3.8) is 0 Å². The summed E-state index contributed by atoms with van der Waals surface area (Å²) in [7, 11) is 0. The van der Waals surface area contributed by atoms with E-state index >= 15 is 0 Å². The molecule has 7 N–H and O–H groups in total. The molecule has 0 aromatic rings. The number of hydrogen-bond donors (Lipinski definition) is 5. The standard InChI is InChI=1S/C19H38N4O4/c1-11(2)6-7-14(8-9-20)18(26)23-16(13(5)24)19(27)22-15(10-21)17(25)12(3)4/h11-16,24H,6-10,20-21H2,1-5H3,(H,22,27)(H,23,26)/t13?,14?,15-,16-/m0/s1. The van der Waals surface area contributed by atoms with Crippen molar-refractivity contribution in [2.24, 2.45) is 29.2 Å². The van der Waals surface area contributed by atoms with E-state index in [1.165, 1.54) is 6.92 Å². The lowest BCUT2D eigenvalue weighted by Crippen LogP contribution is -2.58. The van der Waals surface area contributed by atoms with Crippen molar-refractivity contribution < 1.29 is 19.5 Å². The molecule has 8 nitrogen and oxygen atoms in total. The Balaban J connectivity index is 5.10. The molecule has 0 bridgehead atoms. The third-order valence-corrected chi connectivity index (χ3v) is 4.51. The van der Waals surface area contributed by atoms with Gasteiger partial charge in [-0.05, 0) is 32.2 Å². The summed E-state index contributed by atoms with van der Waals surface area (Å²) in [6.07, 6.45) is 0.905. The molecule has 0 rings (SSSR count). The number of aliphatic hydroxyl groups excluding tert-OH is 1. The number of aliphatic hydroxyl groups is 1. The molecule has 0 fully saturated rings. The molecule has 0 saturated carbocycles.